The number of rotatable bonds is 3. The number of piperidine rings is 1. The number of benzene rings is 2. The molecule has 0 unspecified atom stereocenters. The van der Waals surface area contributed by atoms with Crippen LogP contribution in [0.1, 0.15) is 24.8 Å². The predicted octanol–water partition coefficient (Wildman–Crippen LogP) is 3.09. The van der Waals surface area contributed by atoms with Crippen molar-refractivity contribution in [1.82, 2.24) is 4.90 Å². The number of amides is 2. The van der Waals surface area contributed by atoms with E-state index in [2.05, 4.69) is 0 Å². The summed E-state index contributed by atoms with van der Waals surface area (Å²) in [6.45, 7) is 1.00. The van der Waals surface area contributed by atoms with Crippen molar-refractivity contribution in [3.8, 4) is 0 Å². The van der Waals surface area contributed by atoms with E-state index in [4.69, 9.17) is 11.6 Å². The standard InChI is InChI=1S/C21H20ClFN2O3/c22-15-3-1-14(2-4-15)21(28)9-11-24(12-10-21)18-13-19(26)25(20(18)27)17-7-5-16(23)6-8-17/h1-8,18,28H,9-13H2/t18-/m1/s1. The first-order valence-corrected chi connectivity index (χ1v) is 9.60. The summed E-state index contributed by atoms with van der Waals surface area (Å²) in [5.74, 6) is -1.01. The van der Waals surface area contributed by atoms with Gasteiger partial charge in [-0.25, -0.2) is 9.29 Å². The molecule has 0 bridgehead atoms. The van der Waals surface area contributed by atoms with Crippen molar-refractivity contribution in [2.24, 2.45) is 0 Å². The van der Waals surface area contributed by atoms with E-state index in [-0.39, 0.29) is 18.2 Å². The molecular weight excluding hydrogens is 383 g/mol. The maximum absolute atomic E-state index is 13.1. The molecule has 0 radical (unpaired) electrons. The maximum Gasteiger partial charge on any atom is 0.251 e. The summed E-state index contributed by atoms with van der Waals surface area (Å²) in [5.41, 5.74) is 0.218. The average molecular weight is 403 g/mol. The van der Waals surface area contributed by atoms with Gasteiger partial charge in [0, 0.05) is 18.1 Å². The fourth-order valence-electron chi connectivity index (χ4n) is 4.02. The number of halogens is 2. The minimum atomic E-state index is -0.969. The van der Waals surface area contributed by atoms with Gasteiger partial charge in [-0.1, -0.05) is 23.7 Å². The largest absolute Gasteiger partial charge is 0.385 e. The van der Waals surface area contributed by atoms with Gasteiger partial charge < -0.3 is 5.11 Å². The second kappa shape index (κ2) is 7.28. The van der Waals surface area contributed by atoms with E-state index in [9.17, 15) is 19.1 Å². The normalized spacial score (nSPS) is 22.7. The third kappa shape index (κ3) is 3.43. The van der Waals surface area contributed by atoms with Crippen LogP contribution >= 0.6 is 11.6 Å². The number of imide groups is 1. The predicted molar refractivity (Wildman–Crippen MR) is 103 cm³/mol. The number of anilines is 1. The Bertz CT molecular complexity index is 893. The minimum absolute atomic E-state index is 0.0928. The number of nitrogens with zero attached hydrogens (tertiary/aromatic N) is 2. The van der Waals surface area contributed by atoms with E-state index < -0.39 is 17.5 Å². The van der Waals surface area contributed by atoms with Crippen LogP contribution in [0.15, 0.2) is 48.5 Å². The highest BCUT2D eigenvalue weighted by Crippen LogP contribution is 2.36. The lowest BCUT2D eigenvalue weighted by atomic mass is 9.84. The molecule has 4 rings (SSSR count). The van der Waals surface area contributed by atoms with E-state index in [1.807, 2.05) is 17.0 Å². The summed E-state index contributed by atoms with van der Waals surface area (Å²) >= 11 is 5.92. The molecule has 2 amide bonds. The first-order valence-electron chi connectivity index (χ1n) is 9.22. The number of hydrogen-bond acceptors (Lipinski definition) is 4. The van der Waals surface area contributed by atoms with Crippen LogP contribution in [0.2, 0.25) is 5.02 Å². The highest BCUT2D eigenvalue weighted by atomic mass is 35.5. The van der Waals surface area contributed by atoms with E-state index in [0.717, 1.165) is 10.5 Å². The van der Waals surface area contributed by atoms with Gasteiger partial charge in [-0.3, -0.25) is 14.5 Å². The van der Waals surface area contributed by atoms with Crippen molar-refractivity contribution in [2.45, 2.75) is 30.9 Å². The number of carbonyl (C=O) groups is 2. The van der Waals surface area contributed by atoms with Crippen LogP contribution < -0.4 is 4.90 Å². The number of carbonyl (C=O) groups excluding carboxylic acids is 2. The summed E-state index contributed by atoms with van der Waals surface area (Å²) in [6, 6.07) is 11.9. The lowest BCUT2D eigenvalue weighted by Crippen LogP contribution is -2.49. The van der Waals surface area contributed by atoms with Gasteiger partial charge >= 0.3 is 0 Å². The van der Waals surface area contributed by atoms with Crippen LogP contribution in [0.25, 0.3) is 0 Å². The fourth-order valence-corrected chi connectivity index (χ4v) is 4.14. The van der Waals surface area contributed by atoms with Crippen molar-refractivity contribution in [3.63, 3.8) is 0 Å². The third-order valence-electron chi connectivity index (χ3n) is 5.66. The molecule has 2 aromatic rings. The summed E-state index contributed by atoms with van der Waals surface area (Å²) in [7, 11) is 0. The van der Waals surface area contributed by atoms with Crippen molar-refractivity contribution >= 4 is 29.1 Å². The molecule has 2 aliphatic heterocycles. The molecule has 146 valence electrons. The first-order chi connectivity index (χ1) is 13.4. The summed E-state index contributed by atoms with van der Waals surface area (Å²) in [6.07, 6.45) is 1.02. The third-order valence-corrected chi connectivity index (χ3v) is 5.91. The molecular formula is C21H20ClFN2O3. The van der Waals surface area contributed by atoms with Crippen LogP contribution in [-0.2, 0) is 15.2 Å². The highest BCUT2D eigenvalue weighted by molar-refractivity contribution is 6.30. The Kier molecular flexibility index (Phi) is 4.95. The molecule has 1 atom stereocenters. The Hall–Kier alpha value is -2.28. The molecule has 2 fully saturated rings. The lowest BCUT2D eigenvalue weighted by molar-refractivity contribution is -0.124. The van der Waals surface area contributed by atoms with E-state index in [1.54, 1.807) is 12.1 Å². The quantitative estimate of drug-likeness (QED) is 0.801. The Morgan fingerprint density at radius 1 is 1.00 bits per heavy atom. The zero-order valence-corrected chi connectivity index (χ0v) is 15.9. The molecule has 0 aliphatic carbocycles. The fraction of sp³-hybridized carbons (Fsp3) is 0.333. The topological polar surface area (TPSA) is 60.9 Å². The van der Waals surface area contributed by atoms with Crippen molar-refractivity contribution in [3.05, 3.63) is 64.9 Å². The van der Waals surface area contributed by atoms with Gasteiger partial charge in [-0.05, 0) is 54.8 Å². The number of aliphatic hydroxyl groups is 1. The van der Waals surface area contributed by atoms with Gasteiger partial charge in [-0.2, -0.15) is 0 Å². The van der Waals surface area contributed by atoms with Crippen LogP contribution in [-0.4, -0.2) is 41.0 Å². The van der Waals surface area contributed by atoms with Crippen molar-refractivity contribution < 1.29 is 19.1 Å². The van der Waals surface area contributed by atoms with Crippen LogP contribution in [0.4, 0.5) is 10.1 Å². The molecule has 2 aliphatic rings. The molecule has 5 nitrogen and oxygen atoms in total. The van der Waals surface area contributed by atoms with Gasteiger partial charge in [0.05, 0.1) is 23.8 Å². The van der Waals surface area contributed by atoms with Gasteiger partial charge in [0.2, 0.25) is 5.91 Å². The molecule has 1 N–H and O–H groups in total. The maximum atomic E-state index is 13.1. The molecule has 0 saturated carbocycles. The molecule has 0 aromatic heterocycles. The first kappa shape index (κ1) is 19.1. The monoisotopic (exact) mass is 402 g/mol. The second-order valence-corrected chi connectivity index (χ2v) is 7.77. The molecule has 7 heteroatoms. The van der Waals surface area contributed by atoms with Crippen molar-refractivity contribution in [2.75, 3.05) is 18.0 Å². The minimum Gasteiger partial charge on any atom is -0.385 e. The number of likely N-dealkylation sites (tertiary alicyclic amines) is 1. The summed E-state index contributed by atoms with van der Waals surface area (Å²) in [5, 5.41) is 11.6. The SMILES string of the molecule is O=C1C[C@@H](N2CCC(O)(c3ccc(Cl)cc3)CC2)C(=O)N1c1ccc(F)cc1. The van der Waals surface area contributed by atoms with Gasteiger partial charge in [-0.15, -0.1) is 0 Å². The summed E-state index contributed by atoms with van der Waals surface area (Å²) < 4.78 is 13.1. The number of hydrogen-bond donors (Lipinski definition) is 1. The van der Waals surface area contributed by atoms with Gasteiger partial charge in [0.25, 0.3) is 5.91 Å². The Morgan fingerprint density at radius 3 is 2.21 bits per heavy atom. The molecule has 2 aromatic carbocycles. The van der Waals surface area contributed by atoms with Gasteiger partial charge in [0.1, 0.15) is 5.82 Å². The zero-order valence-electron chi connectivity index (χ0n) is 15.1. The highest BCUT2D eigenvalue weighted by Gasteiger charge is 2.45. The lowest BCUT2D eigenvalue weighted by Gasteiger charge is -2.40. The Balaban J connectivity index is 1.46. The van der Waals surface area contributed by atoms with Gasteiger partial charge in [0.15, 0.2) is 0 Å². The molecule has 2 heterocycles. The van der Waals surface area contributed by atoms with E-state index in [1.165, 1.54) is 24.3 Å². The zero-order chi connectivity index (χ0) is 19.9. The van der Waals surface area contributed by atoms with Crippen molar-refractivity contribution in [1.29, 1.82) is 0 Å². The van der Waals surface area contributed by atoms with E-state index >= 15 is 0 Å². The van der Waals surface area contributed by atoms with E-state index in [0.29, 0.717) is 36.6 Å². The summed E-state index contributed by atoms with van der Waals surface area (Å²) in [4.78, 5) is 28.4. The molecule has 2 saturated heterocycles. The Labute approximate surface area is 167 Å². The molecule has 0 spiro atoms. The molecule has 28 heavy (non-hydrogen) atoms. The second-order valence-electron chi connectivity index (χ2n) is 7.34. The van der Waals surface area contributed by atoms with Crippen LogP contribution in [0.3, 0.4) is 0 Å². The average Bonchev–Trinajstić information content (AvgIpc) is 2.98. The smallest absolute Gasteiger partial charge is 0.251 e. The van der Waals surface area contributed by atoms with Crippen LogP contribution in [0.5, 0.6) is 0 Å². The van der Waals surface area contributed by atoms with Crippen LogP contribution in [0, 0.1) is 5.82 Å². The Morgan fingerprint density at radius 2 is 1.61 bits per heavy atom.